The summed E-state index contributed by atoms with van der Waals surface area (Å²) in [5, 5.41) is 16.6. The highest BCUT2D eigenvalue weighted by Gasteiger charge is 2.10. The number of carbonyl (C=O) groups is 1. The lowest BCUT2D eigenvalue weighted by molar-refractivity contribution is -0.136. The summed E-state index contributed by atoms with van der Waals surface area (Å²) in [6, 6.07) is 5.32. The topological polar surface area (TPSA) is 83.0 Å². The summed E-state index contributed by atoms with van der Waals surface area (Å²) in [6.07, 6.45) is 0.871. The predicted octanol–water partition coefficient (Wildman–Crippen LogP) is 1.92. The molecule has 0 aliphatic heterocycles. The first kappa shape index (κ1) is 17.9. The monoisotopic (exact) mass is 323 g/mol. The summed E-state index contributed by atoms with van der Waals surface area (Å²) < 4.78 is 5.17. The molecule has 0 unspecified atom stereocenters. The van der Waals surface area contributed by atoms with Crippen LogP contribution in [0.4, 0.5) is 0 Å². The van der Waals surface area contributed by atoms with Crippen LogP contribution in [0.1, 0.15) is 31.4 Å². The summed E-state index contributed by atoms with van der Waals surface area (Å²) in [7, 11) is 1.51. The molecule has 0 heterocycles. The van der Waals surface area contributed by atoms with Crippen molar-refractivity contribution in [3.8, 4) is 5.75 Å². The minimum atomic E-state index is -0.909. The maximum Gasteiger partial charge on any atom is 0.307 e. The number of aliphatic carboxylic acids is 1. The van der Waals surface area contributed by atoms with E-state index in [2.05, 4.69) is 15.8 Å². The number of rotatable bonds is 7. The Morgan fingerprint density at radius 2 is 2.18 bits per heavy atom. The Labute approximate surface area is 135 Å². The van der Waals surface area contributed by atoms with E-state index in [9.17, 15) is 4.79 Å². The maximum atomic E-state index is 10.9. The number of carboxylic acid groups (broad SMARTS) is 1. The molecule has 0 fully saturated rings. The molecule has 0 spiro atoms. The number of hydrazone groups is 1. The third-order valence-electron chi connectivity index (χ3n) is 2.90. The lowest BCUT2D eigenvalue weighted by atomic mass is 10.0. The Hall–Kier alpha value is -2.15. The zero-order chi connectivity index (χ0) is 16.5. The van der Waals surface area contributed by atoms with Crippen molar-refractivity contribution in [2.24, 2.45) is 5.10 Å². The Morgan fingerprint density at radius 1 is 1.45 bits per heavy atom. The first-order chi connectivity index (χ1) is 10.5. The first-order valence-electron chi connectivity index (χ1n) is 6.95. The van der Waals surface area contributed by atoms with Crippen molar-refractivity contribution in [3.63, 3.8) is 0 Å². The molecule has 1 rings (SSSR count). The maximum absolute atomic E-state index is 10.9. The van der Waals surface area contributed by atoms with Gasteiger partial charge in [-0.25, -0.2) is 0 Å². The van der Waals surface area contributed by atoms with Crippen LogP contribution >= 0.6 is 12.2 Å². The van der Waals surface area contributed by atoms with E-state index < -0.39 is 5.97 Å². The van der Waals surface area contributed by atoms with E-state index in [0.29, 0.717) is 22.1 Å². The second-order valence-electron chi connectivity index (χ2n) is 4.66. The van der Waals surface area contributed by atoms with Crippen LogP contribution in [0.5, 0.6) is 5.75 Å². The van der Waals surface area contributed by atoms with Crippen molar-refractivity contribution in [1.29, 1.82) is 0 Å². The molecule has 0 radical (unpaired) electrons. The van der Waals surface area contributed by atoms with Crippen molar-refractivity contribution >= 4 is 29.0 Å². The van der Waals surface area contributed by atoms with Gasteiger partial charge in [-0.05, 0) is 49.3 Å². The SMILES string of the molecule is CCCNC(=S)N/N=C(/C)c1ccc(OC)c(CC(=O)O)c1. The number of nitrogens with zero attached hydrogens (tertiary/aromatic N) is 1. The van der Waals surface area contributed by atoms with Crippen LogP contribution in [0.3, 0.4) is 0 Å². The molecule has 7 heteroatoms. The fraction of sp³-hybridized carbons (Fsp3) is 0.400. The van der Waals surface area contributed by atoms with Gasteiger partial charge in [-0.15, -0.1) is 0 Å². The second kappa shape index (κ2) is 8.99. The molecule has 0 aromatic heterocycles. The number of carboxylic acids is 1. The highest BCUT2D eigenvalue weighted by molar-refractivity contribution is 7.80. The van der Waals surface area contributed by atoms with E-state index in [-0.39, 0.29) is 6.42 Å². The lowest BCUT2D eigenvalue weighted by Crippen LogP contribution is -2.33. The van der Waals surface area contributed by atoms with Gasteiger partial charge in [0.15, 0.2) is 5.11 Å². The van der Waals surface area contributed by atoms with Gasteiger partial charge < -0.3 is 15.2 Å². The zero-order valence-corrected chi connectivity index (χ0v) is 13.8. The van der Waals surface area contributed by atoms with Gasteiger partial charge in [0.2, 0.25) is 0 Å². The van der Waals surface area contributed by atoms with Crippen molar-refractivity contribution in [3.05, 3.63) is 29.3 Å². The Balaban J connectivity index is 2.86. The molecule has 3 N–H and O–H groups in total. The van der Waals surface area contributed by atoms with Crippen LogP contribution < -0.4 is 15.5 Å². The van der Waals surface area contributed by atoms with Crippen molar-refractivity contribution in [2.75, 3.05) is 13.7 Å². The van der Waals surface area contributed by atoms with Gasteiger partial charge in [-0.1, -0.05) is 6.92 Å². The average Bonchev–Trinajstić information content (AvgIpc) is 2.49. The third-order valence-corrected chi connectivity index (χ3v) is 3.14. The van der Waals surface area contributed by atoms with Crippen LogP contribution in [0.2, 0.25) is 0 Å². The summed E-state index contributed by atoms with van der Waals surface area (Å²) in [4.78, 5) is 10.9. The third kappa shape index (κ3) is 5.69. The molecule has 0 aliphatic rings. The van der Waals surface area contributed by atoms with Crippen molar-refractivity contribution in [1.82, 2.24) is 10.7 Å². The van der Waals surface area contributed by atoms with Gasteiger partial charge in [0.25, 0.3) is 0 Å². The van der Waals surface area contributed by atoms with Gasteiger partial charge in [-0.3, -0.25) is 10.2 Å². The van der Waals surface area contributed by atoms with Gasteiger partial charge in [0, 0.05) is 12.1 Å². The molecule has 1 aromatic carbocycles. The molecule has 0 bridgehead atoms. The van der Waals surface area contributed by atoms with Crippen LogP contribution in [-0.2, 0) is 11.2 Å². The van der Waals surface area contributed by atoms with Crippen LogP contribution in [0.15, 0.2) is 23.3 Å². The molecular formula is C15H21N3O3S. The number of thiocarbonyl (C=S) groups is 1. The summed E-state index contributed by atoms with van der Waals surface area (Å²) in [5.74, 6) is -0.361. The number of nitrogens with one attached hydrogen (secondary N) is 2. The molecule has 0 amide bonds. The minimum absolute atomic E-state index is 0.103. The van der Waals surface area contributed by atoms with Crippen molar-refractivity contribution < 1.29 is 14.6 Å². The van der Waals surface area contributed by atoms with E-state index >= 15 is 0 Å². The minimum Gasteiger partial charge on any atom is -0.496 e. The Kier molecular flexibility index (Phi) is 7.31. The molecule has 0 atom stereocenters. The number of methoxy groups -OCH3 is 1. The standard InChI is InChI=1S/C15H21N3O3S/c1-4-7-16-15(22)18-17-10(2)11-5-6-13(21-3)12(8-11)9-14(19)20/h5-6,8H,4,7,9H2,1-3H3,(H,19,20)(H2,16,18,22)/b17-10-. The number of hydrogen-bond donors (Lipinski definition) is 3. The summed E-state index contributed by atoms with van der Waals surface area (Å²) in [5.41, 5.74) is 4.88. The van der Waals surface area contributed by atoms with Gasteiger partial charge >= 0.3 is 5.97 Å². The average molecular weight is 323 g/mol. The smallest absolute Gasteiger partial charge is 0.307 e. The normalized spacial score (nSPS) is 11.0. The van der Waals surface area contributed by atoms with Gasteiger partial charge in [0.1, 0.15) is 5.75 Å². The predicted molar refractivity (Wildman–Crippen MR) is 90.6 cm³/mol. The van der Waals surface area contributed by atoms with E-state index in [1.54, 1.807) is 12.1 Å². The number of ether oxygens (including phenoxy) is 1. The highest BCUT2D eigenvalue weighted by Crippen LogP contribution is 2.21. The Morgan fingerprint density at radius 3 is 2.77 bits per heavy atom. The van der Waals surface area contributed by atoms with E-state index in [1.807, 2.05) is 19.9 Å². The van der Waals surface area contributed by atoms with Crippen LogP contribution in [0, 0.1) is 0 Å². The van der Waals surface area contributed by atoms with Gasteiger partial charge in [-0.2, -0.15) is 5.10 Å². The van der Waals surface area contributed by atoms with E-state index in [4.69, 9.17) is 22.1 Å². The zero-order valence-electron chi connectivity index (χ0n) is 13.0. The number of hydrogen-bond acceptors (Lipinski definition) is 4. The molecule has 0 saturated carbocycles. The molecule has 6 nitrogen and oxygen atoms in total. The number of benzene rings is 1. The molecule has 120 valence electrons. The first-order valence-corrected chi connectivity index (χ1v) is 7.36. The molecule has 1 aromatic rings. The highest BCUT2D eigenvalue weighted by atomic mass is 32.1. The molecule has 0 aliphatic carbocycles. The Bertz CT molecular complexity index is 573. The second-order valence-corrected chi connectivity index (χ2v) is 5.07. The fourth-order valence-electron chi connectivity index (χ4n) is 1.78. The largest absolute Gasteiger partial charge is 0.496 e. The summed E-state index contributed by atoms with van der Waals surface area (Å²) >= 11 is 5.08. The van der Waals surface area contributed by atoms with Crippen LogP contribution in [-0.4, -0.2) is 35.6 Å². The molecular weight excluding hydrogens is 302 g/mol. The summed E-state index contributed by atoms with van der Waals surface area (Å²) in [6.45, 7) is 4.65. The molecule has 22 heavy (non-hydrogen) atoms. The quantitative estimate of drug-likeness (QED) is 0.404. The lowest BCUT2D eigenvalue weighted by Gasteiger charge is -2.10. The van der Waals surface area contributed by atoms with E-state index in [1.165, 1.54) is 7.11 Å². The molecule has 0 saturated heterocycles. The van der Waals surface area contributed by atoms with Crippen molar-refractivity contribution in [2.45, 2.75) is 26.7 Å². The van der Waals surface area contributed by atoms with Crippen LogP contribution in [0.25, 0.3) is 0 Å². The fourth-order valence-corrected chi connectivity index (χ4v) is 1.93. The van der Waals surface area contributed by atoms with Gasteiger partial charge in [0.05, 0.1) is 19.2 Å². The van der Waals surface area contributed by atoms with E-state index in [0.717, 1.165) is 18.5 Å².